The number of hydrogen-bond acceptors (Lipinski definition) is 4. The molecule has 0 radical (unpaired) electrons. The first kappa shape index (κ1) is 20.4. The molecular weight excluding hydrogens is 363 g/mol. The average Bonchev–Trinajstić information content (AvgIpc) is 3.26. The molecule has 1 aliphatic heterocycles. The summed E-state index contributed by atoms with van der Waals surface area (Å²) in [6.07, 6.45) is -0.00351. The third-order valence-corrected chi connectivity index (χ3v) is 5.10. The number of hydrogen-bond donors (Lipinski definition) is 1. The van der Waals surface area contributed by atoms with Crippen LogP contribution in [0.3, 0.4) is 0 Å². The summed E-state index contributed by atoms with van der Waals surface area (Å²) < 4.78 is 25.1. The van der Waals surface area contributed by atoms with E-state index in [-0.39, 0.29) is 19.1 Å². The summed E-state index contributed by atoms with van der Waals surface area (Å²) in [6.45, 7) is 5.91. The number of alkyl carbamates (subject to hydrolysis) is 1. The third-order valence-electron chi connectivity index (χ3n) is 5.10. The van der Waals surface area contributed by atoms with Crippen molar-refractivity contribution >= 4 is 12.2 Å². The minimum atomic E-state index is -1.12. The van der Waals surface area contributed by atoms with Crippen molar-refractivity contribution in [3.05, 3.63) is 35.9 Å². The van der Waals surface area contributed by atoms with E-state index in [9.17, 15) is 14.0 Å². The molecule has 2 fully saturated rings. The molecule has 1 aromatic carbocycles. The van der Waals surface area contributed by atoms with E-state index < -0.39 is 29.5 Å². The Morgan fingerprint density at radius 3 is 2.50 bits per heavy atom. The van der Waals surface area contributed by atoms with Gasteiger partial charge in [-0.1, -0.05) is 30.3 Å². The Bertz CT molecular complexity index is 700. The van der Waals surface area contributed by atoms with Gasteiger partial charge in [0.05, 0.1) is 6.54 Å². The first-order valence-corrected chi connectivity index (χ1v) is 9.77. The second-order valence-corrected chi connectivity index (χ2v) is 8.83. The van der Waals surface area contributed by atoms with Crippen LogP contribution in [0.15, 0.2) is 30.3 Å². The van der Waals surface area contributed by atoms with Crippen LogP contribution in [0.1, 0.15) is 45.6 Å². The lowest BCUT2D eigenvalue weighted by Gasteiger charge is -2.25. The SMILES string of the molecule is CC(C)(C)OC(=O)NC1(CC2CN(C(=O)OCc3ccccc3)CC2F)CC1. The summed E-state index contributed by atoms with van der Waals surface area (Å²) in [5.74, 6) is -0.318. The van der Waals surface area contributed by atoms with Gasteiger partial charge < -0.3 is 19.7 Å². The highest BCUT2D eigenvalue weighted by molar-refractivity contribution is 5.69. The zero-order chi connectivity index (χ0) is 20.4. The zero-order valence-corrected chi connectivity index (χ0v) is 16.7. The van der Waals surface area contributed by atoms with Crippen molar-refractivity contribution in [1.29, 1.82) is 0 Å². The van der Waals surface area contributed by atoms with Gasteiger partial charge in [-0.3, -0.25) is 0 Å². The first-order chi connectivity index (χ1) is 13.2. The van der Waals surface area contributed by atoms with Gasteiger partial charge in [0.1, 0.15) is 18.4 Å². The number of nitrogens with one attached hydrogen (secondary N) is 1. The molecule has 2 amide bonds. The van der Waals surface area contributed by atoms with Crippen LogP contribution in [-0.4, -0.2) is 47.5 Å². The van der Waals surface area contributed by atoms with Crippen molar-refractivity contribution < 1.29 is 23.5 Å². The minimum absolute atomic E-state index is 0.0286. The maximum absolute atomic E-state index is 14.5. The Hall–Kier alpha value is -2.31. The van der Waals surface area contributed by atoms with E-state index in [0.717, 1.165) is 18.4 Å². The van der Waals surface area contributed by atoms with Crippen LogP contribution in [0.25, 0.3) is 0 Å². The number of carbonyl (C=O) groups is 2. The van der Waals surface area contributed by atoms with Crippen LogP contribution in [0.2, 0.25) is 0 Å². The van der Waals surface area contributed by atoms with Crippen molar-refractivity contribution in [2.24, 2.45) is 5.92 Å². The summed E-state index contributed by atoms with van der Waals surface area (Å²) in [4.78, 5) is 25.7. The van der Waals surface area contributed by atoms with E-state index in [1.807, 2.05) is 30.3 Å². The lowest BCUT2D eigenvalue weighted by Crippen LogP contribution is -2.42. The molecule has 2 aliphatic rings. The van der Waals surface area contributed by atoms with Gasteiger partial charge in [0.15, 0.2) is 0 Å². The van der Waals surface area contributed by atoms with Crippen molar-refractivity contribution in [1.82, 2.24) is 10.2 Å². The van der Waals surface area contributed by atoms with Gasteiger partial charge in [-0.15, -0.1) is 0 Å². The normalized spacial score (nSPS) is 23.2. The summed E-state index contributed by atoms with van der Waals surface area (Å²) in [6, 6.07) is 9.39. The molecule has 1 aromatic rings. The van der Waals surface area contributed by atoms with Crippen LogP contribution in [0, 0.1) is 5.92 Å². The first-order valence-electron chi connectivity index (χ1n) is 9.77. The molecule has 2 atom stereocenters. The maximum atomic E-state index is 14.5. The molecule has 0 bridgehead atoms. The molecule has 3 rings (SSSR count). The number of carbonyl (C=O) groups excluding carboxylic acids is 2. The standard InChI is InChI=1S/C21H29FN2O4/c1-20(2,3)28-18(25)23-21(9-10-21)11-16-12-24(13-17(16)22)19(26)27-14-15-7-5-4-6-8-15/h4-8,16-17H,9-14H2,1-3H3,(H,23,25). The van der Waals surface area contributed by atoms with Crippen LogP contribution in [0.4, 0.5) is 14.0 Å². The van der Waals surface area contributed by atoms with Crippen LogP contribution < -0.4 is 5.32 Å². The number of benzene rings is 1. The van der Waals surface area contributed by atoms with Crippen molar-refractivity contribution in [3.63, 3.8) is 0 Å². The average molecular weight is 392 g/mol. The van der Waals surface area contributed by atoms with Gasteiger partial charge in [0.25, 0.3) is 0 Å². The maximum Gasteiger partial charge on any atom is 0.410 e. The quantitative estimate of drug-likeness (QED) is 0.821. The largest absolute Gasteiger partial charge is 0.445 e. The fraction of sp³-hybridized carbons (Fsp3) is 0.619. The Balaban J connectivity index is 1.48. The van der Waals surface area contributed by atoms with E-state index in [1.165, 1.54) is 4.90 Å². The number of amides is 2. The number of halogens is 1. The smallest absolute Gasteiger partial charge is 0.410 e. The van der Waals surface area contributed by atoms with Crippen molar-refractivity contribution in [2.45, 2.75) is 64.0 Å². The molecular formula is C21H29FN2O4. The fourth-order valence-electron chi connectivity index (χ4n) is 3.54. The molecule has 2 unspecified atom stereocenters. The second kappa shape index (κ2) is 7.97. The second-order valence-electron chi connectivity index (χ2n) is 8.83. The number of alkyl halides is 1. The highest BCUT2D eigenvalue weighted by Crippen LogP contribution is 2.43. The molecule has 1 aliphatic carbocycles. The fourth-order valence-corrected chi connectivity index (χ4v) is 3.54. The molecule has 28 heavy (non-hydrogen) atoms. The van der Waals surface area contributed by atoms with Gasteiger partial charge >= 0.3 is 12.2 Å². The molecule has 0 aromatic heterocycles. The van der Waals surface area contributed by atoms with Crippen LogP contribution in [0.5, 0.6) is 0 Å². The number of rotatable bonds is 5. The third kappa shape index (κ3) is 5.59. The summed E-state index contributed by atoms with van der Waals surface area (Å²) in [7, 11) is 0. The van der Waals surface area contributed by atoms with Crippen LogP contribution >= 0.6 is 0 Å². The Morgan fingerprint density at radius 1 is 1.21 bits per heavy atom. The highest BCUT2D eigenvalue weighted by atomic mass is 19.1. The Labute approximate surface area is 165 Å². The predicted octanol–water partition coefficient (Wildman–Crippen LogP) is 4.04. The molecule has 6 nitrogen and oxygen atoms in total. The molecule has 154 valence electrons. The van der Waals surface area contributed by atoms with E-state index in [0.29, 0.717) is 13.0 Å². The molecule has 1 N–H and O–H groups in total. The molecule has 1 saturated heterocycles. The molecule has 1 saturated carbocycles. The van der Waals surface area contributed by atoms with Gasteiger partial charge in [-0.05, 0) is 45.6 Å². The Morgan fingerprint density at radius 2 is 1.89 bits per heavy atom. The molecule has 1 heterocycles. The van der Waals surface area contributed by atoms with E-state index in [1.54, 1.807) is 20.8 Å². The minimum Gasteiger partial charge on any atom is -0.445 e. The predicted molar refractivity (Wildman–Crippen MR) is 103 cm³/mol. The van der Waals surface area contributed by atoms with Crippen LogP contribution in [-0.2, 0) is 16.1 Å². The molecule has 0 spiro atoms. The highest BCUT2D eigenvalue weighted by Gasteiger charge is 2.50. The van der Waals surface area contributed by atoms with Gasteiger partial charge in [0.2, 0.25) is 0 Å². The number of nitrogens with zero attached hydrogens (tertiary/aromatic N) is 1. The van der Waals surface area contributed by atoms with Crippen molar-refractivity contribution in [2.75, 3.05) is 13.1 Å². The van der Waals surface area contributed by atoms with Crippen molar-refractivity contribution in [3.8, 4) is 0 Å². The zero-order valence-electron chi connectivity index (χ0n) is 16.7. The lowest BCUT2D eigenvalue weighted by atomic mass is 9.96. The summed E-state index contributed by atoms with van der Waals surface area (Å²) in [5, 5.41) is 2.90. The summed E-state index contributed by atoms with van der Waals surface area (Å²) >= 11 is 0. The lowest BCUT2D eigenvalue weighted by molar-refractivity contribution is 0.0483. The topological polar surface area (TPSA) is 67.9 Å². The van der Waals surface area contributed by atoms with E-state index >= 15 is 0 Å². The number of likely N-dealkylation sites (tertiary alicyclic amines) is 1. The molecule has 7 heteroatoms. The van der Waals surface area contributed by atoms with E-state index in [4.69, 9.17) is 9.47 Å². The van der Waals surface area contributed by atoms with E-state index in [2.05, 4.69) is 5.32 Å². The monoisotopic (exact) mass is 392 g/mol. The van der Waals surface area contributed by atoms with Gasteiger partial charge in [-0.2, -0.15) is 0 Å². The van der Waals surface area contributed by atoms with Gasteiger partial charge in [0, 0.05) is 18.0 Å². The summed E-state index contributed by atoms with van der Waals surface area (Å²) in [5.41, 5.74) is -0.0987. The van der Waals surface area contributed by atoms with Gasteiger partial charge in [-0.25, -0.2) is 14.0 Å². The Kier molecular flexibility index (Phi) is 5.82. The number of ether oxygens (including phenoxy) is 2.